The van der Waals surface area contributed by atoms with E-state index in [1.165, 1.54) is 6.07 Å². The van der Waals surface area contributed by atoms with Gasteiger partial charge in [0.25, 0.3) is 5.69 Å². The van der Waals surface area contributed by atoms with Gasteiger partial charge in [-0.2, -0.15) is 0 Å². The molecule has 0 aliphatic carbocycles. The molecular formula is C14H21N3O3. The monoisotopic (exact) mass is 279 g/mol. The molecule has 0 fully saturated rings. The normalized spacial score (nSPS) is 11.9. The molecule has 0 aliphatic heterocycles. The van der Waals surface area contributed by atoms with Crippen LogP contribution >= 0.6 is 0 Å². The van der Waals surface area contributed by atoms with Gasteiger partial charge in [0.2, 0.25) is 5.91 Å². The van der Waals surface area contributed by atoms with Crippen LogP contribution in [0.1, 0.15) is 37.3 Å². The van der Waals surface area contributed by atoms with Crippen LogP contribution < -0.4 is 11.1 Å². The molecule has 0 unspecified atom stereocenters. The Kier molecular flexibility index (Phi) is 6.11. The van der Waals surface area contributed by atoms with E-state index in [1.807, 2.05) is 6.92 Å². The van der Waals surface area contributed by atoms with Crippen LogP contribution in [0.5, 0.6) is 0 Å². The first kappa shape index (κ1) is 16.1. The Hall–Kier alpha value is -1.95. The number of nitrogens with one attached hydrogen (secondary N) is 1. The lowest BCUT2D eigenvalue weighted by atomic mass is 10.1. The van der Waals surface area contributed by atoms with Crippen LogP contribution in [0.25, 0.3) is 0 Å². The van der Waals surface area contributed by atoms with Gasteiger partial charge in [-0.25, -0.2) is 0 Å². The molecule has 20 heavy (non-hydrogen) atoms. The fourth-order valence-corrected chi connectivity index (χ4v) is 1.93. The third kappa shape index (κ3) is 4.31. The van der Waals surface area contributed by atoms with Gasteiger partial charge < -0.3 is 11.1 Å². The zero-order chi connectivity index (χ0) is 15.1. The fourth-order valence-electron chi connectivity index (χ4n) is 1.93. The second-order valence-corrected chi connectivity index (χ2v) is 4.78. The zero-order valence-electron chi connectivity index (χ0n) is 11.9. The number of carbonyl (C=O) groups excluding carboxylic acids is 1. The molecule has 110 valence electrons. The first-order valence-corrected chi connectivity index (χ1v) is 6.73. The Labute approximate surface area is 118 Å². The number of nitrogens with zero attached hydrogens (tertiary/aromatic N) is 1. The van der Waals surface area contributed by atoms with Gasteiger partial charge in [0.1, 0.15) is 0 Å². The van der Waals surface area contributed by atoms with Crippen LogP contribution in [0, 0.1) is 17.0 Å². The highest BCUT2D eigenvalue weighted by molar-refractivity contribution is 5.81. The molecule has 1 amide bonds. The molecule has 0 saturated carbocycles. The quantitative estimate of drug-likeness (QED) is 0.589. The SMILES string of the molecule is CCCC[C@H](N)C(=O)NCc1cccc([N+](=O)[O-])c1C. The van der Waals surface area contributed by atoms with E-state index in [4.69, 9.17) is 5.73 Å². The number of unbranched alkanes of at least 4 members (excludes halogenated alkanes) is 1. The molecular weight excluding hydrogens is 258 g/mol. The summed E-state index contributed by atoms with van der Waals surface area (Å²) in [6, 6.07) is 4.31. The lowest BCUT2D eigenvalue weighted by Crippen LogP contribution is -2.40. The lowest BCUT2D eigenvalue weighted by Gasteiger charge is -2.12. The summed E-state index contributed by atoms with van der Waals surface area (Å²) >= 11 is 0. The second kappa shape index (κ2) is 7.59. The van der Waals surface area contributed by atoms with E-state index in [9.17, 15) is 14.9 Å². The third-order valence-corrected chi connectivity index (χ3v) is 3.27. The molecule has 6 heteroatoms. The van der Waals surface area contributed by atoms with Crippen molar-refractivity contribution in [3.63, 3.8) is 0 Å². The molecule has 1 rings (SSSR count). The molecule has 0 aliphatic rings. The Balaban J connectivity index is 2.64. The Morgan fingerprint density at radius 2 is 2.20 bits per heavy atom. The van der Waals surface area contributed by atoms with Crippen molar-refractivity contribution in [3.05, 3.63) is 39.4 Å². The summed E-state index contributed by atoms with van der Waals surface area (Å²) in [5.41, 5.74) is 7.13. The summed E-state index contributed by atoms with van der Waals surface area (Å²) in [4.78, 5) is 22.2. The number of amides is 1. The third-order valence-electron chi connectivity index (χ3n) is 3.27. The van der Waals surface area contributed by atoms with Crippen LogP contribution in [0.4, 0.5) is 5.69 Å². The highest BCUT2D eigenvalue weighted by atomic mass is 16.6. The Morgan fingerprint density at radius 1 is 1.50 bits per heavy atom. The van der Waals surface area contributed by atoms with Crippen LogP contribution in [-0.4, -0.2) is 16.9 Å². The molecule has 1 aromatic carbocycles. The Morgan fingerprint density at radius 3 is 2.80 bits per heavy atom. The van der Waals surface area contributed by atoms with Gasteiger partial charge >= 0.3 is 0 Å². The average molecular weight is 279 g/mol. The largest absolute Gasteiger partial charge is 0.351 e. The minimum Gasteiger partial charge on any atom is -0.351 e. The van der Waals surface area contributed by atoms with Crippen LogP contribution in [0.2, 0.25) is 0 Å². The van der Waals surface area contributed by atoms with Crippen molar-refractivity contribution in [2.45, 2.75) is 45.7 Å². The van der Waals surface area contributed by atoms with Gasteiger partial charge in [-0.3, -0.25) is 14.9 Å². The zero-order valence-corrected chi connectivity index (χ0v) is 11.9. The van der Waals surface area contributed by atoms with E-state index < -0.39 is 11.0 Å². The summed E-state index contributed by atoms with van der Waals surface area (Å²) in [6.07, 6.45) is 2.55. The highest BCUT2D eigenvalue weighted by Crippen LogP contribution is 2.20. The maximum absolute atomic E-state index is 11.8. The maximum atomic E-state index is 11.8. The van der Waals surface area contributed by atoms with Crippen molar-refractivity contribution in [1.82, 2.24) is 5.32 Å². The number of hydrogen-bond acceptors (Lipinski definition) is 4. The number of rotatable bonds is 7. The molecule has 6 nitrogen and oxygen atoms in total. The topological polar surface area (TPSA) is 98.3 Å². The molecule has 1 aromatic rings. The summed E-state index contributed by atoms with van der Waals surface area (Å²) < 4.78 is 0. The van der Waals surface area contributed by atoms with Crippen molar-refractivity contribution >= 4 is 11.6 Å². The predicted octanol–water partition coefficient (Wildman–Crippen LogP) is 2.04. The van der Waals surface area contributed by atoms with Gasteiger partial charge in [0.15, 0.2) is 0 Å². The molecule has 0 radical (unpaired) electrons. The van der Waals surface area contributed by atoms with E-state index in [0.717, 1.165) is 18.4 Å². The second-order valence-electron chi connectivity index (χ2n) is 4.78. The minimum absolute atomic E-state index is 0.0621. The molecule has 1 atom stereocenters. The number of nitro benzene ring substituents is 1. The molecule has 0 saturated heterocycles. The van der Waals surface area contributed by atoms with Gasteiger partial charge in [-0.15, -0.1) is 0 Å². The number of nitro groups is 1. The van der Waals surface area contributed by atoms with Crippen molar-refractivity contribution in [2.24, 2.45) is 5.73 Å². The van der Waals surface area contributed by atoms with Crippen LogP contribution in [0.15, 0.2) is 18.2 Å². The summed E-state index contributed by atoms with van der Waals surface area (Å²) in [6.45, 7) is 3.97. The van der Waals surface area contributed by atoms with E-state index in [1.54, 1.807) is 19.1 Å². The lowest BCUT2D eigenvalue weighted by molar-refractivity contribution is -0.385. The van der Waals surface area contributed by atoms with Gasteiger partial charge in [-0.1, -0.05) is 31.9 Å². The van der Waals surface area contributed by atoms with Crippen molar-refractivity contribution < 1.29 is 9.72 Å². The molecule has 0 bridgehead atoms. The van der Waals surface area contributed by atoms with Gasteiger partial charge in [0, 0.05) is 18.2 Å². The van der Waals surface area contributed by atoms with Gasteiger partial charge in [0.05, 0.1) is 11.0 Å². The number of nitrogens with two attached hydrogens (primary N) is 1. The minimum atomic E-state index is -0.519. The smallest absolute Gasteiger partial charge is 0.272 e. The predicted molar refractivity (Wildman–Crippen MR) is 77.2 cm³/mol. The van der Waals surface area contributed by atoms with E-state index in [-0.39, 0.29) is 18.1 Å². The fraction of sp³-hybridized carbons (Fsp3) is 0.500. The summed E-state index contributed by atoms with van der Waals surface area (Å²) in [7, 11) is 0. The first-order valence-electron chi connectivity index (χ1n) is 6.73. The highest BCUT2D eigenvalue weighted by Gasteiger charge is 2.15. The van der Waals surface area contributed by atoms with E-state index in [2.05, 4.69) is 5.32 Å². The van der Waals surface area contributed by atoms with Crippen LogP contribution in [-0.2, 0) is 11.3 Å². The number of hydrogen-bond donors (Lipinski definition) is 2. The molecule has 0 aromatic heterocycles. The van der Waals surface area contributed by atoms with Crippen molar-refractivity contribution in [1.29, 1.82) is 0 Å². The first-order chi connectivity index (χ1) is 9.47. The van der Waals surface area contributed by atoms with Gasteiger partial charge in [-0.05, 0) is 18.9 Å². The number of benzene rings is 1. The maximum Gasteiger partial charge on any atom is 0.272 e. The summed E-state index contributed by atoms with van der Waals surface area (Å²) in [5, 5.41) is 13.6. The van der Waals surface area contributed by atoms with E-state index in [0.29, 0.717) is 12.0 Å². The molecule has 3 N–H and O–H groups in total. The Bertz CT molecular complexity index is 489. The van der Waals surface area contributed by atoms with Crippen molar-refractivity contribution in [3.8, 4) is 0 Å². The molecule has 0 spiro atoms. The molecule has 0 heterocycles. The number of carbonyl (C=O) groups is 1. The van der Waals surface area contributed by atoms with Crippen molar-refractivity contribution in [2.75, 3.05) is 0 Å². The van der Waals surface area contributed by atoms with Crippen LogP contribution in [0.3, 0.4) is 0 Å². The summed E-state index contributed by atoms with van der Waals surface area (Å²) in [5.74, 6) is -0.218. The van der Waals surface area contributed by atoms with E-state index >= 15 is 0 Å². The standard InChI is InChI=1S/C14H21N3O3/c1-3-4-7-12(15)14(18)16-9-11-6-5-8-13(10(11)2)17(19)20/h5-6,8,12H,3-4,7,9,15H2,1-2H3,(H,16,18)/t12-/m0/s1. The average Bonchev–Trinajstić information content (AvgIpc) is 2.42.